The number of rotatable bonds is 4. The van der Waals surface area contributed by atoms with Gasteiger partial charge in [-0.15, -0.1) is 0 Å². The third kappa shape index (κ3) is 2.67. The average Bonchev–Trinajstić information content (AvgIpc) is 3.14. The van der Waals surface area contributed by atoms with Crippen molar-refractivity contribution < 1.29 is 0 Å². The molecule has 104 valence electrons. The highest BCUT2D eigenvalue weighted by Crippen LogP contribution is 2.39. The van der Waals surface area contributed by atoms with Crippen LogP contribution in [-0.2, 0) is 0 Å². The molecule has 19 heavy (non-hydrogen) atoms. The molecule has 0 spiro atoms. The number of nitrogens with one attached hydrogen (secondary N) is 1. The van der Waals surface area contributed by atoms with Crippen LogP contribution in [0.25, 0.3) is 0 Å². The summed E-state index contributed by atoms with van der Waals surface area (Å²) in [5.74, 6) is 5.28. The van der Waals surface area contributed by atoms with Gasteiger partial charge < -0.3 is 10.2 Å². The summed E-state index contributed by atoms with van der Waals surface area (Å²) in [5, 5.41) is 3.17. The molecular weight excluding hydrogens is 236 g/mol. The fourth-order valence-corrected chi connectivity index (χ4v) is 2.81. The molecule has 1 aliphatic heterocycles. The molecule has 4 nitrogen and oxygen atoms in total. The van der Waals surface area contributed by atoms with Gasteiger partial charge in [-0.05, 0) is 31.1 Å². The van der Waals surface area contributed by atoms with E-state index in [0.717, 1.165) is 42.4 Å². The Morgan fingerprint density at radius 3 is 2.63 bits per heavy atom. The summed E-state index contributed by atoms with van der Waals surface area (Å²) < 4.78 is 0. The molecule has 1 saturated heterocycles. The Labute approximate surface area is 115 Å². The summed E-state index contributed by atoms with van der Waals surface area (Å²) in [5.41, 5.74) is 0. The molecule has 1 aliphatic carbocycles. The van der Waals surface area contributed by atoms with E-state index in [0.29, 0.717) is 5.92 Å². The number of nitrogens with zero attached hydrogens (tertiary/aromatic N) is 3. The van der Waals surface area contributed by atoms with Crippen molar-refractivity contribution in [2.75, 3.05) is 30.4 Å². The summed E-state index contributed by atoms with van der Waals surface area (Å²) in [7, 11) is 1.93. The monoisotopic (exact) mass is 260 g/mol. The van der Waals surface area contributed by atoms with E-state index >= 15 is 0 Å². The molecule has 2 fully saturated rings. The molecule has 2 aliphatic rings. The molecule has 1 saturated carbocycles. The van der Waals surface area contributed by atoms with Crippen molar-refractivity contribution in [2.24, 2.45) is 11.8 Å². The van der Waals surface area contributed by atoms with Crippen LogP contribution in [0.15, 0.2) is 6.07 Å². The molecule has 1 atom stereocenters. The van der Waals surface area contributed by atoms with Gasteiger partial charge in [0.1, 0.15) is 17.5 Å². The zero-order valence-electron chi connectivity index (χ0n) is 12.2. The summed E-state index contributed by atoms with van der Waals surface area (Å²) in [6.07, 6.45) is 3.79. The number of anilines is 2. The van der Waals surface area contributed by atoms with E-state index in [-0.39, 0.29) is 0 Å². The van der Waals surface area contributed by atoms with Crippen LogP contribution in [0, 0.1) is 11.8 Å². The lowest BCUT2D eigenvalue weighted by molar-refractivity contribution is 0.422. The first-order valence-corrected chi connectivity index (χ1v) is 7.49. The normalized spacial score (nSPS) is 23.2. The average molecular weight is 260 g/mol. The molecule has 0 aromatic carbocycles. The van der Waals surface area contributed by atoms with Crippen LogP contribution < -0.4 is 10.2 Å². The lowest BCUT2D eigenvalue weighted by Crippen LogP contribution is -2.23. The maximum Gasteiger partial charge on any atom is 0.136 e. The highest BCUT2D eigenvalue weighted by atomic mass is 15.2. The maximum absolute atomic E-state index is 4.79. The molecule has 3 rings (SSSR count). The summed E-state index contributed by atoms with van der Waals surface area (Å²) in [6, 6.07) is 2.09. The van der Waals surface area contributed by atoms with E-state index in [1.54, 1.807) is 0 Å². The minimum absolute atomic E-state index is 0.607. The largest absolute Gasteiger partial charge is 0.373 e. The number of hydrogen-bond acceptors (Lipinski definition) is 4. The van der Waals surface area contributed by atoms with Gasteiger partial charge in [0.05, 0.1) is 0 Å². The smallest absolute Gasteiger partial charge is 0.136 e. The Morgan fingerprint density at radius 1 is 1.26 bits per heavy atom. The van der Waals surface area contributed by atoms with Crippen LogP contribution in [0.2, 0.25) is 0 Å². The van der Waals surface area contributed by atoms with Crippen molar-refractivity contribution in [3.05, 3.63) is 11.9 Å². The maximum atomic E-state index is 4.79. The summed E-state index contributed by atoms with van der Waals surface area (Å²) >= 11 is 0. The Hall–Kier alpha value is -1.32. The van der Waals surface area contributed by atoms with E-state index in [1.807, 2.05) is 7.05 Å². The molecule has 1 aromatic heterocycles. The van der Waals surface area contributed by atoms with Gasteiger partial charge in [0.15, 0.2) is 0 Å². The van der Waals surface area contributed by atoms with E-state index < -0.39 is 0 Å². The van der Waals surface area contributed by atoms with Crippen LogP contribution in [0.4, 0.5) is 11.6 Å². The van der Waals surface area contributed by atoms with Gasteiger partial charge >= 0.3 is 0 Å². The first-order valence-electron chi connectivity index (χ1n) is 7.49. The summed E-state index contributed by atoms with van der Waals surface area (Å²) in [6.45, 7) is 6.92. The van der Waals surface area contributed by atoms with Crippen molar-refractivity contribution >= 4 is 11.6 Å². The minimum Gasteiger partial charge on any atom is -0.373 e. The van der Waals surface area contributed by atoms with Gasteiger partial charge in [-0.2, -0.15) is 0 Å². The van der Waals surface area contributed by atoms with Crippen LogP contribution in [0.1, 0.15) is 44.9 Å². The lowest BCUT2D eigenvalue weighted by Gasteiger charge is -2.20. The SMILES string of the molecule is CNc1cc(N2CCC(C(C)C)C2)nc(C2CC2)n1. The van der Waals surface area contributed by atoms with Crippen LogP contribution in [-0.4, -0.2) is 30.1 Å². The van der Waals surface area contributed by atoms with Crippen LogP contribution >= 0.6 is 0 Å². The number of aromatic nitrogens is 2. The predicted molar refractivity (Wildman–Crippen MR) is 78.7 cm³/mol. The highest BCUT2D eigenvalue weighted by molar-refractivity contribution is 5.50. The fraction of sp³-hybridized carbons (Fsp3) is 0.733. The first-order chi connectivity index (χ1) is 9.17. The van der Waals surface area contributed by atoms with E-state index in [1.165, 1.54) is 19.3 Å². The zero-order valence-corrected chi connectivity index (χ0v) is 12.2. The predicted octanol–water partition coefficient (Wildman–Crippen LogP) is 2.88. The Kier molecular flexibility index (Phi) is 3.33. The molecule has 2 heterocycles. The molecule has 0 bridgehead atoms. The van der Waals surface area contributed by atoms with Gasteiger partial charge in [-0.25, -0.2) is 9.97 Å². The van der Waals surface area contributed by atoms with Crippen LogP contribution in [0.3, 0.4) is 0 Å². The van der Waals surface area contributed by atoms with E-state index in [9.17, 15) is 0 Å². The molecule has 1 aromatic rings. The second kappa shape index (κ2) is 4.99. The summed E-state index contributed by atoms with van der Waals surface area (Å²) in [4.78, 5) is 11.8. The molecule has 0 radical (unpaired) electrons. The van der Waals surface area contributed by atoms with E-state index in [2.05, 4.69) is 35.1 Å². The van der Waals surface area contributed by atoms with Gasteiger partial charge in [-0.3, -0.25) is 0 Å². The van der Waals surface area contributed by atoms with Crippen molar-refractivity contribution in [1.29, 1.82) is 0 Å². The van der Waals surface area contributed by atoms with Crippen LogP contribution in [0.5, 0.6) is 0 Å². The standard InChI is InChI=1S/C15H24N4/c1-10(2)12-6-7-19(9-12)14-8-13(16-3)17-15(18-14)11-4-5-11/h8,10-12H,4-7,9H2,1-3H3,(H,16,17,18). The van der Waals surface area contributed by atoms with Crippen molar-refractivity contribution in [1.82, 2.24) is 9.97 Å². The van der Waals surface area contributed by atoms with Crippen molar-refractivity contribution in [2.45, 2.75) is 39.0 Å². The van der Waals surface area contributed by atoms with Gasteiger partial charge in [0, 0.05) is 32.1 Å². The second-order valence-electron chi connectivity index (χ2n) is 6.23. The zero-order chi connectivity index (χ0) is 13.4. The number of hydrogen-bond donors (Lipinski definition) is 1. The topological polar surface area (TPSA) is 41.0 Å². The minimum atomic E-state index is 0.607. The van der Waals surface area contributed by atoms with E-state index in [4.69, 9.17) is 4.98 Å². The van der Waals surface area contributed by atoms with Crippen molar-refractivity contribution in [3.8, 4) is 0 Å². The van der Waals surface area contributed by atoms with Gasteiger partial charge in [0.2, 0.25) is 0 Å². The van der Waals surface area contributed by atoms with Gasteiger partial charge in [-0.1, -0.05) is 13.8 Å². The molecule has 1 N–H and O–H groups in total. The second-order valence-corrected chi connectivity index (χ2v) is 6.23. The van der Waals surface area contributed by atoms with Gasteiger partial charge in [0.25, 0.3) is 0 Å². The highest BCUT2D eigenvalue weighted by Gasteiger charge is 2.30. The third-order valence-electron chi connectivity index (χ3n) is 4.42. The molecule has 1 unspecified atom stereocenters. The molecular formula is C15H24N4. The van der Waals surface area contributed by atoms with Crippen molar-refractivity contribution in [3.63, 3.8) is 0 Å². The first kappa shape index (κ1) is 12.7. The Bertz CT molecular complexity index is 453. The fourth-order valence-electron chi connectivity index (χ4n) is 2.81. The quantitative estimate of drug-likeness (QED) is 0.904. The third-order valence-corrected chi connectivity index (χ3v) is 4.42. The lowest BCUT2D eigenvalue weighted by atomic mass is 9.95. The Balaban J connectivity index is 1.82. The molecule has 0 amide bonds. The molecule has 4 heteroatoms. The Morgan fingerprint density at radius 2 is 2.05 bits per heavy atom.